The standard InChI is InChI=1S/C17H35NOSi/c1-7-8-15(18)13-9-11-14(12-10-13)16(17(2,3)4)19-20(5)6/h7,13-16,20H,1,8-12,18H2,2-6H3. The summed E-state index contributed by atoms with van der Waals surface area (Å²) in [5.74, 6) is 1.40. The van der Waals surface area contributed by atoms with Gasteiger partial charge in [-0.2, -0.15) is 0 Å². The van der Waals surface area contributed by atoms with Crippen LogP contribution in [-0.2, 0) is 4.43 Å². The molecule has 2 nitrogen and oxygen atoms in total. The third-order valence-corrected chi connectivity index (χ3v) is 5.40. The largest absolute Gasteiger partial charge is 0.417 e. The molecule has 0 bridgehead atoms. The van der Waals surface area contributed by atoms with E-state index in [1.807, 2.05) is 6.08 Å². The molecule has 3 heteroatoms. The van der Waals surface area contributed by atoms with E-state index in [1.165, 1.54) is 25.7 Å². The number of rotatable bonds is 6. The molecule has 1 saturated carbocycles. The molecule has 0 radical (unpaired) electrons. The van der Waals surface area contributed by atoms with Gasteiger partial charge in [-0.25, -0.2) is 0 Å². The zero-order valence-electron chi connectivity index (χ0n) is 14.2. The molecule has 0 aliphatic heterocycles. The predicted molar refractivity (Wildman–Crippen MR) is 91.4 cm³/mol. The molecule has 1 fully saturated rings. The molecular formula is C17H35NOSi. The fourth-order valence-electron chi connectivity index (χ4n) is 3.58. The number of hydrogen-bond acceptors (Lipinski definition) is 2. The maximum atomic E-state index is 6.39. The molecule has 0 aromatic carbocycles. The molecule has 2 unspecified atom stereocenters. The lowest BCUT2D eigenvalue weighted by Crippen LogP contribution is -2.42. The molecule has 0 aromatic heterocycles. The Morgan fingerprint density at radius 3 is 2.10 bits per heavy atom. The van der Waals surface area contributed by atoms with Crippen molar-refractivity contribution in [2.24, 2.45) is 23.0 Å². The Morgan fingerprint density at radius 2 is 1.70 bits per heavy atom. The minimum Gasteiger partial charge on any atom is -0.417 e. The van der Waals surface area contributed by atoms with Gasteiger partial charge in [0.1, 0.15) is 0 Å². The lowest BCUT2D eigenvalue weighted by molar-refractivity contribution is 0.00963. The minimum absolute atomic E-state index is 0.248. The van der Waals surface area contributed by atoms with Crippen LogP contribution in [0, 0.1) is 17.3 Å². The zero-order chi connectivity index (χ0) is 15.3. The van der Waals surface area contributed by atoms with Gasteiger partial charge < -0.3 is 10.2 Å². The molecule has 0 aromatic rings. The highest BCUT2D eigenvalue weighted by molar-refractivity contribution is 6.48. The van der Waals surface area contributed by atoms with Crippen LogP contribution >= 0.6 is 0 Å². The van der Waals surface area contributed by atoms with Crippen molar-refractivity contribution in [2.75, 3.05) is 0 Å². The number of nitrogens with two attached hydrogens (primary N) is 1. The molecule has 1 aliphatic carbocycles. The van der Waals surface area contributed by atoms with E-state index in [0.29, 0.717) is 18.1 Å². The molecule has 2 atom stereocenters. The van der Waals surface area contributed by atoms with Gasteiger partial charge in [-0.1, -0.05) is 26.8 Å². The van der Waals surface area contributed by atoms with Gasteiger partial charge in [-0.15, -0.1) is 6.58 Å². The second kappa shape index (κ2) is 7.76. The molecular weight excluding hydrogens is 262 g/mol. The van der Waals surface area contributed by atoms with Crippen molar-refractivity contribution in [3.8, 4) is 0 Å². The Balaban J connectivity index is 2.58. The normalized spacial score (nSPS) is 27.4. The fourth-order valence-corrected chi connectivity index (χ4v) is 4.79. The Bertz CT molecular complexity index is 290. The van der Waals surface area contributed by atoms with E-state index in [-0.39, 0.29) is 5.41 Å². The van der Waals surface area contributed by atoms with Crippen molar-refractivity contribution in [2.45, 2.75) is 78.1 Å². The molecule has 0 saturated heterocycles. The van der Waals surface area contributed by atoms with Gasteiger partial charge in [-0.05, 0) is 62.4 Å². The summed E-state index contributed by atoms with van der Waals surface area (Å²) in [6.07, 6.45) is 8.41. The lowest BCUT2D eigenvalue weighted by atomic mass is 9.71. The van der Waals surface area contributed by atoms with Gasteiger partial charge in [0.25, 0.3) is 0 Å². The van der Waals surface area contributed by atoms with Crippen LogP contribution in [0.2, 0.25) is 13.1 Å². The van der Waals surface area contributed by atoms with Crippen LogP contribution in [0.15, 0.2) is 12.7 Å². The van der Waals surface area contributed by atoms with E-state index in [0.717, 1.165) is 12.3 Å². The maximum absolute atomic E-state index is 6.39. The average molecular weight is 298 g/mol. The van der Waals surface area contributed by atoms with E-state index >= 15 is 0 Å². The van der Waals surface area contributed by atoms with Crippen molar-refractivity contribution >= 4 is 9.04 Å². The Kier molecular flexibility index (Phi) is 6.96. The summed E-state index contributed by atoms with van der Waals surface area (Å²) in [5, 5.41) is 0. The Morgan fingerprint density at radius 1 is 1.20 bits per heavy atom. The van der Waals surface area contributed by atoms with Gasteiger partial charge >= 0.3 is 0 Å². The fraction of sp³-hybridized carbons (Fsp3) is 0.882. The van der Waals surface area contributed by atoms with Crippen LogP contribution < -0.4 is 5.73 Å². The van der Waals surface area contributed by atoms with Crippen molar-refractivity contribution in [1.82, 2.24) is 0 Å². The first kappa shape index (κ1) is 17.9. The highest BCUT2D eigenvalue weighted by atomic mass is 28.3. The summed E-state index contributed by atoms with van der Waals surface area (Å²) in [7, 11) is -0.984. The van der Waals surface area contributed by atoms with E-state index in [9.17, 15) is 0 Å². The Labute approximate surface area is 127 Å². The monoisotopic (exact) mass is 297 g/mol. The molecule has 0 amide bonds. The first-order valence-electron chi connectivity index (χ1n) is 8.27. The van der Waals surface area contributed by atoms with Gasteiger partial charge in [-0.3, -0.25) is 0 Å². The second-order valence-electron chi connectivity index (χ2n) is 7.83. The van der Waals surface area contributed by atoms with Gasteiger partial charge in [0.05, 0.1) is 6.10 Å². The van der Waals surface area contributed by atoms with Crippen LogP contribution in [0.25, 0.3) is 0 Å². The lowest BCUT2D eigenvalue weighted by Gasteiger charge is -2.42. The minimum atomic E-state index is -0.984. The SMILES string of the molecule is C=CCC(N)C1CCC(C(O[SiH](C)C)C(C)(C)C)CC1. The summed E-state index contributed by atoms with van der Waals surface area (Å²) >= 11 is 0. The van der Waals surface area contributed by atoms with Crippen LogP contribution in [0.5, 0.6) is 0 Å². The van der Waals surface area contributed by atoms with E-state index in [4.69, 9.17) is 10.2 Å². The van der Waals surface area contributed by atoms with Gasteiger partial charge in [0.2, 0.25) is 0 Å². The average Bonchev–Trinajstić information content (AvgIpc) is 2.35. The summed E-state index contributed by atoms with van der Waals surface area (Å²) in [6.45, 7) is 15.3. The Hall–Kier alpha value is -0.123. The molecule has 118 valence electrons. The van der Waals surface area contributed by atoms with Gasteiger partial charge in [0.15, 0.2) is 9.04 Å². The molecule has 2 N–H and O–H groups in total. The predicted octanol–water partition coefficient (Wildman–Crippen LogP) is 4.11. The second-order valence-corrected chi connectivity index (χ2v) is 10.2. The van der Waals surface area contributed by atoms with Crippen molar-refractivity contribution in [1.29, 1.82) is 0 Å². The zero-order valence-corrected chi connectivity index (χ0v) is 15.3. The molecule has 20 heavy (non-hydrogen) atoms. The van der Waals surface area contributed by atoms with Crippen molar-refractivity contribution < 1.29 is 4.43 Å². The van der Waals surface area contributed by atoms with Crippen LogP contribution in [0.4, 0.5) is 0 Å². The molecule has 0 heterocycles. The van der Waals surface area contributed by atoms with Crippen LogP contribution in [0.3, 0.4) is 0 Å². The highest BCUT2D eigenvalue weighted by Gasteiger charge is 2.36. The third kappa shape index (κ3) is 5.34. The quantitative estimate of drug-likeness (QED) is 0.591. The number of hydrogen-bond donors (Lipinski definition) is 1. The topological polar surface area (TPSA) is 35.2 Å². The summed E-state index contributed by atoms with van der Waals surface area (Å²) in [5.41, 5.74) is 6.50. The van der Waals surface area contributed by atoms with E-state index < -0.39 is 9.04 Å². The molecule has 1 aliphatic rings. The first-order chi connectivity index (χ1) is 9.25. The summed E-state index contributed by atoms with van der Waals surface area (Å²) in [6, 6.07) is 0.307. The van der Waals surface area contributed by atoms with Crippen molar-refractivity contribution in [3.05, 3.63) is 12.7 Å². The van der Waals surface area contributed by atoms with E-state index in [2.05, 4.69) is 40.4 Å². The smallest absolute Gasteiger partial charge is 0.171 e. The molecule has 0 spiro atoms. The maximum Gasteiger partial charge on any atom is 0.171 e. The van der Waals surface area contributed by atoms with Gasteiger partial charge in [0, 0.05) is 6.04 Å². The van der Waals surface area contributed by atoms with Crippen LogP contribution in [0.1, 0.15) is 52.9 Å². The molecule has 1 rings (SSSR count). The van der Waals surface area contributed by atoms with Crippen molar-refractivity contribution in [3.63, 3.8) is 0 Å². The highest BCUT2D eigenvalue weighted by Crippen LogP contribution is 2.39. The summed E-state index contributed by atoms with van der Waals surface area (Å²) < 4.78 is 6.39. The third-order valence-electron chi connectivity index (χ3n) is 4.56. The van der Waals surface area contributed by atoms with Crippen LogP contribution in [-0.4, -0.2) is 21.2 Å². The van der Waals surface area contributed by atoms with E-state index in [1.54, 1.807) is 0 Å². The first-order valence-corrected chi connectivity index (χ1v) is 11.1. The summed E-state index contributed by atoms with van der Waals surface area (Å²) in [4.78, 5) is 0.